The Morgan fingerprint density at radius 3 is 2.57 bits per heavy atom. The molecule has 11 heteroatoms. The number of hydrogen-bond donors (Lipinski definition) is 2. The highest BCUT2D eigenvalue weighted by Crippen LogP contribution is 2.25. The number of carbonyl (C=O) groups excluding carboxylic acids is 3. The Kier molecular flexibility index (Phi) is 6.53. The van der Waals surface area contributed by atoms with Gasteiger partial charge in [0.05, 0.1) is 36.0 Å². The van der Waals surface area contributed by atoms with Crippen molar-refractivity contribution in [2.45, 2.75) is 19.9 Å². The van der Waals surface area contributed by atoms with Crippen molar-refractivity contribution < 1.29 is 33.5 Å². The number of urea groups is 1. The van der Waals surface area contributed by atoms with Crippen LogP contribution < -0.4 is 15.4 Å². The third kappa shape index (κ3) is 4.55. The highest BCUT2D eigenvalue weighted by molar-refractivity contribution is 5.96. The largest absolute Gasteiger partial charge is 0.496 e. The Balaban J connectivity index is 2.27. The molecule has 1 unspecified atom stereocenters. The van der Waals surface area contributed by atoms with Gasteiger partial charge in [-0.1, -0.05) is 0 Å². The number of nitro groups is 1. The zero-order valence-electron chi connectivity index (χ0n) is 15.4. The van der Waals surface area contributed by atoms with Crippen molar-refractivity contribution in [1.82, 2.24) is 10.6 Å². The number of non-ortho nitro benzene ring substituents is 1. The molecule has 1 aliphatic rings. The lowest BCUT2D eigenvalue weighted by molar-refractivity contribution is -0.384. The van der Waals surface area contributed by atoms with Crippen LogP contribution in [0.3, 0.4) is 0 Å². The average molecular weight is 393 g/mol. The van der Waals surface area contributed by atoms with Gasteiger partial charge in [0.25, 0.3) is 5.69 Å². The van der Waals surface area contributed by atoms with E-state index in [9.17, 15) is 24.5 Å². The van der Waals surface area contributed by atoms with Gasteiger partial charge in [-0.2, -0.15) is 0 Å². The van der Waals surface area contributed by atoms with Gasteiger partial charge in [-0.25, -0.2) is 14.4 Å². The first-order valence-corrected chi connectivity index (χ1v) is 8.25. The van der Waals surface area contributed by atoms with E-state index in [1.807, 2.05) is 0 Å². The molecule has 0 spiro atoms. The Morgan fingerprint density at radius 1 is 1.25 bits per heavy atom. The van der Waals surface area contributed by atoms with E-state index in [1.165, 1.54) is 19.2 Å². The van der Waals surface area contributed by atoms with E-state index < -0.39 is 35.5 Å². The van der Waals surface area contributed by atoms with Crippen molar-refractivity contribution in [3.05, 3.63) is 45.1 Å². The maximum absolute atomic E-state index is 12.4. The van der Waals surface area contributed by atoms with Gasteiger partial charge in [0, 0.05) is 12.1 Å². The van der Waals surface area contributed by atoms with Crippen LogP contribution in [0.1, 0.15) is 24.2 Å². The smallest absolute Gasteiger partial charge is 0.342 e. The summed E-state index contributed by atoms with van der Waals surface area (Å²) in [6, 6.07) is 2.25. The van der Waals surface area contributed by atoms with E-state index in [4.69, 9.17) is 14.2 Å². The third-order valence-electron chi connectivity index (χ3n) is 3.83. The Bertz CT molecular complexity index is 849. The molecule has 1 atom stereocenters. The highest BCUT2D eigenvalue weighted by atomic mass is 16.6. The second kappa shape index (κ2) is 8.84. The molecule has 0 saturated heterocycles. The normalized spacial score (nSPS) is 16.0. The van der Waals surface area contributed by atoms with Crippen molar-refractivity contribution in [2.24, 2.45) is 0 Å². The number of hydrogen-bond acceptors (Lipinski definition) is 8. The second-order valence-corrected chi connectivity index (χ2v) is 5.65. The molecule has 2 rings (SSSR count). The Hall–Kier alpha value is -3.63. The Morgan fingerprint density at radius 2 is 1.96 bits per heavy atom. The lowest BCUT2D eigenvalue weighted by Gasteiger charge is -2.26. The van der Waals surface area contributed by atoms with Crippen molar-refractivity contribution >= 4 is 23.7 Å². The van der Waals surface area contributed by atoms with Gasteiger partial charge in [0.1, 0.15) is 17.9 Å². The number of amides is 2. The molecule has 2 N–H and O–H groups in total. The van der Waals surface area contributed by atoms with Crippen LogP contribution in [0.5, 0.6) is 5.75 Å². The topological polar surface area (TPSA) is 146 Å². The first kappa shape index (κ1) is 20.7. The fourth-order valence-electron chi connectivity index (χ4n) is 2.58. The molecule has 2 amide bonds. The van der Waals surface area contributed by atoms with Crippen LogP contribution in [-0.2, 0) is 14.3 Å². The number of nitrogens with zero attached hydrogens (tertiary/aromatic N) is 1. The van der Waals surface area contributed by atoms with E-state index in [2.05, 4.69) is 10.6 Å². The molecule has 1 heterocycles. The van der Waals surface area contributed by atoms with Gasteiger partial charge in [-0.05, 0) is 19.9 Å². The number of rotatable bonds is 7. The van der Waals surface area contributed by atoms with Crippen LogP contribution in [0.4, 0.5) is 10.5 Å². The van der Waals surface area contributed by atoms with Crippen molar-refractivity contribution in [2.75, 3.05) is 20.3 Å². The minimum Gasteiger partial charge on any atom is -0.496 e. The standard InChI is InChI=1S/C17H19N3O8/c1-4-27-16(22)14-9(2)18-17(23)19-12(14)8-28-15(21)11-7-10(20(24)25)5-6-13(11)26-3/h5-7,9H,4,8H2,1-3H3,(H2,18,19,23). The number of benzene rings is 1. The fourth-order valence-corrected chi connectivity index (χ4v) is 2.58. The van der Waals surface area contributed by atoms with Crippen LogP contribution in [0.25, 0.3) is 0 Å². The quantitative estimate of drug-likeness (QED) is 0.400. The molecule has 0 aromatic heterocycles. The van der Waals surface area contributed by atoms with Gasteiger partial charge in [-0.15, -0.1) is 0 Å². The van der Waals surface area contributed by atoms with Crippen LogP contribution in [-0.4, -0.2) is 49.3 Å². The van der Waals surface area contributed by atoms with Crippen molar-refractivity contribution in [3.8, 4) is 5.75 Å². The summed E-state index contributed by atoms with van der Waals surface area (Å²) >= 11 is 0. The third-order valence-corrected chi connectivity index (χ3v) is 3.83. The molecule has 0 bridgehead atoms. The molecule has 11 nitrogen and oxygen atoms in total. The lowest BCUT2D eigenvalue weighted by atomic mass is 10.0. The number of nitrogens with one attached hydrogen (secondary N) is 2. The van der Waals surface area contributed by atoms with Crippen LogP contribution in [0, 0.1) is 10.1 Å². The molecule has 0 saturated carbocycles. The van der Waals surface area contributed by atoms with E-state index in [1.54, 1.807) is 13.8 Å². The second-order valence-electron chi connectivity index (χ2n) is 5.65. The fraction of sp³-hybridized carbons (Fsp3) is 0.353. The zero-order chi connectivity index (χ0) is 20.8. The summed E-state index contributed by atoms with van der Waals surface area (Å²) in [4.78, 5) is 46.5. The first-order valence-electron chi connectivity index (χ1n) is 8.25. The molecule has 0 fully saturated rings. The van der Waals surface area contributed by atoms with Gasteiger partial charge in [-0.3, -0.25) is 10.1 Å². The summed E-state index contributed by atoms with van der Waals surface area (Å²) in [5, 5.41) is 15.9. The molecular weight excluding hydrogens is 374 g/mol. The summed E-state index contributed by atoms with van der Waals surface area (Å²) in [6.07, 6.45) is 0. The highest BCUT2D eigenvalue weighted by Gasteiger charge is 2.30. The summed E-state index contributed by atoms with van der Waals surface area (Å²) in [7, 11) is 1.30. The van der Waals surface area contributed by atoms with E-state index in [0.29, 0.717) is 0 Å². The SMILES string of the molecule is CCOC(=O)C1=C(COC(=O)c2cc([N+](=O)[O-])ccc2OC)NC(=O)NC1C. The molecular formula is C17H19N3O8. The van der Waals surface area contributed by atoms with E-state index in [-0.39, 0.29) is 34.9 Å². The van der Waals surface area contributed by atoms with Gasteiger partial charge < -0.3 is 24.8 Å². The molecule has 0 aliphatic carbocycles. The zero-order valence-corrected chi connectivity index (χ0v) is 15.4. The monoisotopic (exact) mass is 393 g/mol. The van der Waals surface area contributed by atoms with Gasteiger partial charge >= 0.3 is 18.0 Å². The maximum atomic E-state index is 12.4. The summed E-state index contributed by atoms with van der Waals surface area (Å²) in [6.45, 7) is 2.89. The lowest BCUT2D eigenvalue weighted by Crippen LogP contribution is -2.50. The van der Waals surface area contributed by atoms with Crippen molar-refractivity contribution in [3.63, 3.8) is 0 Å². The maximum Gasteiger partial charge on any atom is 0.342 e. The number of ether oxygens (including phenoxy) is 3. The predicted octanol–water partition coefficient (Wildman–Crippen LogP) is 1.28. The molecule has 150 valence electrons. The average Bonchev–Trinajstić information content (AvgIpc) is 2.65. The van der Waals surface area contributed by atoms with Crippen LogP contribution in [0.15, 0.2) is 29.5 Å². The Labute approximate surface area is 159 Å². The molecule has 28 heavy (non-hydrogen) atoms. The van der Waals surface area contributed by atoms with E-state index >= 15 is 0 Å². The first-order chi connectivity index (χ1) is 13.3. The minimum atomic E-state index is -0.920. The number of methoxy groups -OCH3 is 1. The minimum absolute atomic E-state index is 0.0625. The van der Waals surface area contributed by atoms with Crippen LogP contribution in [0.2, 0.25) is 0 Å². The summed E-state index contributed by atoms with van der Waals surface area (Å²) in [5.74, 6) is -1.50. The summed E-state index contributed by atoms with van der Waals surface area (Å²) < 4.78 is 15.1. The molecule has 1 aliphatic heterocycles. The molecule has 0 radical (unpaired) electrons. The van der Waals surface area contributed by atoms with Gasteiger partial charge in [0.2, 0.25) is 0 Å². The predicted molar refractivity (Wildman–Crippen MR) is 94.7 cm³/mol. The molecule has 1 aromatic rings. The van der Waals surface area contributed by atoms with Crippen molar-refractivity contribution in [1.29, 1.82) is 0 Å². The van der Waals surface area contributed by atoms with Crippen LogP contribution >= 0.6 is 0 Å². The van der Waals surface area contributed by atoms with Gasteiger partial charge in [0.15, 0.2) is 0 Å². The number of nitro benzene ring substituents is 1. The summed E-state index contributed by atoms with van der Waals surface area (Å²) in [5.41, 5.74) is -0.307. The number of esters is 2. The number of carbonyl (C=O) groups is 3. The molecule has 1 aromatic carbocycles. The van der Waals surface area contributed by atoms with E-state index in [0.717, 1.165) is 6.07 Å².